The number of amides is 1. The van der Waals surface area contributed by atoms with E-state index in [9.17, 15) is 9.18 Å². The lowest BCUT2D eigenvalue weighted by Crippen LogP contribution is -2.27. The number of halogens is 1. The average molecular weight is 591 g/mol. The summed E-state index contributed by atoms with van der Waals surface area (Å²) in [6.07, 6.45) is 0. The number of likely N-dealkylation sites (N-methyl/N-ethyl adjacent to an activating group) is 1. The minimum Gasteiger partial charge on any atom is -0.384 e. The van der Waals surface area contributed by atoms with Crippen LogP contribution in [0.3, 0.4) is 0 Å². The van der Waals surface area contributed by atoms with Crippen molar-refractivity contribution in [2.45, 2.75) is 20.8 Å². The summed E-state index contributed by atoms with van der Waals surface area (Å²) in [5.41, 5.74) is 7.55. The molecule has 1 amide bonds. The Kier molecular flexibility index (Phi) is 7.60. The van der Waals surface area contributed by atoms with Gasteiger partial charge >= 0.3 is 0 Å². The molecule has 0 spiro atoms. The van der Waals surface area contributed by atoms with Crippen LogP contribution in [0.25, 0.3) is 56.0 Å². The molecule has 0 fully saturated rings. The highest BCUT2D eigenvalue weighted by atomic mass is 19.1. The zero-order valence-corrected chi connectivity index (χ0v) is 25.4. The predicted octanol–water partition coefficient (Wildman–Crippen LogP) is 6.93. The molecule has 224 valence electrons. The first-order valence-corrected chi connectivity index (χ1v) is 14.5. The third-order valence-corrected chi connectivity index (χ3v) is 7.34. The first-order valence-electron chi connectivity index (χ1n) is 14.5. The summed E-state index contributed by atoms with van der Waals surface area (Å²) in [6, 6.07) is 22.2. The van der Waals surface area contributed by atoms with Crippen molar-refractivity contribution in [2.24, 2.45) is 5.41 Å². The molecule has 3 aromatic heterocycles. The van der Waals surface area contributed by atoms with Crippen molar-refractivity contribution in [3.8, 4) is 33.9 Å². The largest absolute Gasteiger partial charge is 0.384 e. The van der Waals surface area contributed by atoms with Crippen LogP contribution in [-0.2, 0) is 4.79 Å². The van der Waals surface area contributed by atoms with Crippen molar-refractivity contribution in [3.63, 3.8) is 0 Å². The van der Waals surface area contributed by atoms with Crippen LogP contribution >= 0.6 is 0 Å². The number of fused-ring (bicyclic) bond motifs is 2. The molecular weight excluding hydrogens is 555 g/mol. The highest BCUT2D eigenvalue weighted by Crippen LogP contribution is 2.33. The number of benzene rings is 3. The molecule has 0 unspecified atom stereocenters. The molecule has 0 aliphatic carbocycles. The van der Waals surface area contributed by atoms with E-state index in [0.29, 0.717) is 40.5 Å². The third-order valence-electron chi connectivity index (χ3n) is 7.34. The molecule has 0 atom stereocenters. The van der Waals surface area contributed by atoms with Crippen LogP contribution in [0.5, 0.6) is 0 Å². The van der Waals surface area contributed by atoms with Crippen molar-refractivity contribution >= 4 is 39.3 Å². The standard InChI is InChI=1S/C34H35FN8O/c1-34(2,3)33(44)37-23-9-6-8-20(17-23)26-12-13-28-30(38-26)31(42-41-28)32-39-27-11-7-10-25(29(27)40-32)21-16-22(35)19-24(18-21)36-14-15-43(4)5/h6-13,16-19,36H,14-15H2,1-5H3,(H,37,44)(H,39,40)(H,41,42). The lowest BCUT2D eigenvalue weighted by molar-refractivity contribution is -0.123. The zero-order chi connectivity index (χ0) is 31.0. The molecule has 0 aliphatic rings. The number of imidazole rings is 1. The van der Waals surface area contributed by atoms with Crippen LogP contribution < -0.4 is 10.6 Å². The Morgan fingerprint density at radius 1 is 0.886 bits per heavy atom. The number of carbonyl (C=O) groups excluding carboxylic acids is 1. The summed E-state index contributed by atoms with van der Waals surface area (Å²) in [6.45, 7) is 7.16. The number of aromatic amines is 2. The summed E-state index contributed by atoms with van der Waals surface area (Å²) in [5, 5.41) is 13.9. The summed E-state index contributed by atoms with van der Waals surface area (Å²) < 4.78 is 14.7. The van der Waals surface area contributed by atoms with Gasteiger partial charge in [0.1, 0.15) is 11.3 Å². The average Bonchev–Trinajstić information content (AvgIpc) is 3.60. The molecule has 6 aromatic rings. The maximum atomic E-state index is 14.7. The second kappa shape index (κ2) is 11.5. The van der Waals surface area contributed by atoms with Gasteiger partial charge < -0.3 is 20.5 Å². The first kappa shape index (κ1) is 29.0. The number of pyridine rings is 1. The Balaban J connectivity index is 1.35. The molecule has 0 saturated carbocycles. The number of carbonyl (C=O) groups is 1. The van der Waals surface area contributed by atoms with Crippen molar-refractivity contribution in [1.29, 1.82) is 0 Å². The van der Waals surface area contributed by atoms with Gasteiger partial charge in [0, 0.05) is 41.0 Å². The molecule has 9 nitrogen and oxygen atoms in total. The molecule has 10 heteroatoms. The monoisotopic (exact) mass is 590 g/mol. The normalized spacial score (nSPS) is 11.9. The fraction of sp³-hybridized carbons (Fsp3) is 0.235. The highest BCUT2D eigenvalue weighted by Gasteiger charge is 2.22. The summed E-state index contributed by atoms with van der Waals surface area (Å²) >= 11 is 0. The fourth-order valence-electron chi connectivity index (χ4n) is 4.95. The second-order valence-corrected chi connectivity index (χ2v) is 12.2. The molecule has 0 bridgehead atoms. The minimum atomic E-state index is -0.509. The number of H-pyrrole nitrogens is 2. The maximum Gasteiger partial charge on any atom is 0.229 e. The molecule has 3 aromatic carbocycles. The molecule has 44 heavy (non-hydrogen) atoms. The van der Waals surface area contributed by atoms with E-state index < -0.39 is 5.41 Å². The number of aromatic nitrogens is 5. The Bertz CT molecular complexity index is 1990. The molecule has 0 saturated heterocycles. The van der Waals surface area contributed by atoms with Crippen molar-refractivity contribution < 1.29 is 9.18 Å². The Morgan fingerprint density at radius 3 is 2.48 bits per heavy atom. The van der Waals surface area contributed by atoms with Gasteiger partial charge in [0.25, 0.3) is 0 Å². The second-order valence-electron chi connectivity index (χ2n) is 12.2. The van der Waals surface area contributed by atoms with E-state index in [2.05, 4.69) is 30.7 Å². The van der Waals surface area contributed by atoms with Crippen molar-refractivity contribution in [3.05, 3.63) is 78.6 Å². The van der Waals surface area contributed by atoms with Gasteiger partial charge in [0.2, 0.25) is 5.91 Å². The van der Waals surface area contributed by atoms with Crippen LogP contribution in [-0.4, -0.2) is 63.1 Å². The number of nitrogens with zero attached hydrogens (tertiary/aromatic N) is 4. The minimum absolute atomic E-state index is 0.0607. The number of anilines is 2. The van der Waals surface area contributed by atoms with Gasteiger partial charge in [0.15, 0.2) is 11.5 Å². The van der Waals surface area contributed by atoms with Crippen LogP contribution in [0, 0.1) is 11.2 Å². The number of para-hydroxylation sites is 1. The van der Waals surface area contributed by atoms with Gasteiger partial charge in [-0.25, -0.2) is 14.4 Å². The van der Waals surface area contributed by atoms with E-state index in [1.54, 1.807) is 0 Å². The topological polar surface area (TPSA) is 115 Å². The van der Waals surface area contributed by atoms with Crippen LogP contribution in [0.1, 0.15) is 20.8 Å². The van der Waals surface area contributed by atoms with E-state index in [1.807, 2.05) is 95.5 Å². The summed E-state index contributed by atoms with van der Waals surface area (Å²) in [4.78, 5) is 27.9. The Hall–Kier alpha value is -5.09. The molecule has 4 N–H and O–H groups in total. The molecule has 0 aliphatic heterocycles. The Labute approximate surface area is 254 Å². The Morgan fingerprint density at radius 2 is 1.68 bits per heavy atom. The number of hydrogen-bond acceptors (Lipinski definition) is 6. The SMILES string of the molecule is CN(C)CCNc1cc(F)cc(-c2cccc3[nH]c(-c4n[nH]c5ccc(-c6cccc(NC(=O)C(C)(C)C)c6)nc45)nc23)c1. The van der Waals surface area contributed by atoms with Gasteiger partial charge in [-0.05, 0) is 68.2 Å². The van der Waals surface area contributed by atoms with Crippen molar-refractivity contribution in [1.82, 2.24) is 30.0 Å². The third kappa shape index (κ3) is 6.02. The quantitative estimate of drug-likeness (QED) is 0.153. The fourth-order valence-corrected chi connectivity index (χ4v) is 4.95. The van der Waals surface area contributed by atoms with E-state index >= 15 is 0 Å². The number of rotatable bonds is 8. The lowest BCUT2D eigenvalue weighted by Gasteiger charge is -2.18. The van der Waals surface area contributed by atoms with Crippen molar-refractivity contribution in [2.75, 3.05) is 37.8 Å². The van der Waals surface area contributed by atoms with E-state index in [1.165, 1.54) is 12.1 Å². The first-order chi connectivity index (χ1) is 21.0. The van der Waals surface area contributed by atoms with Gasteiger partial charge in [-0.1, -0.05) is 45.0 Å². The number of hydrogen-bond donors (Lipinski definition) is 4. The molecule has 0 radical (unpaired) electrons. The van der Waals surface area contributed by atoms with Gasteiger partial charge in [-0.2, -0.15) is 5.10 Å². The van der Waals surface area contributed by atoms with Gasteiger partial charge in [0.05, 0.1) is 22.2 Å². The molecular formula is C34H35FN8O. The smallest absolute Gasteiger partial charge is 0.229 e. The zero-order valence-electron chi connectivity index (χ0n) is 25.4. The highest BCUT2D eigenvalue weighted by molar-refractivity contribution is 5.97. The maximum absolute atomic E-state index is 14.7. The van der Waals surface area contributed by atoms with Crippen LogP contribution in [0.4, 0.5) is 15.8 Å². The van der Waals surface area contributed by atoms with Crippen LogP contribution in [0.15, 0.2) is 72.8 Å². The predicted molar refractivity (Wildman–Crippen MR) is 175 cm³/mol. The summed E-state index contributed by atoms with van der Waals surface area (Å²) in [7, 11) is 4.00. The lowest BCUT2D eigenvalue weighted by atomic mass is 9.95. The van der Waals surface area contributed by atoms with Gasteiger partial charge in [-0.15, -0.1) is 0 Å². The molecule has 6 rings (SSSR count). The van der Waals surface area contributed by atoms with E-state index in [-0.39, 0.29) is 11.7 Å². The van der Waals surface area contributed by atoms with E-state index in [0.717, 1.165) is 40.0 Å². The molecule has 3 heterocycles. The van der Waals surface area contributed by atoms with E-state index in [4.69, 9.17) is 9.97 Å². The van der Waals surface area contributed by atoms with Gasteiger partial charge in [-0.3, -0.25) is 9.89 Å². The number of nitrogens with one attached hydrogen (secondary N) is 4. The van der Waals surface area contributed by atoms with Crippen LogP contribution in [0.2, 0.25) is 0 Å². The summed E-state index contributed by atoms with van der Waals surface area (Å²) in [5.74, 6) is 0.171.